The van der Waals surface area contributed by atoms with Crippen molar-refractivity contribution < 1.29 is 0 Å². The van der Waals surface area contributed by atoms with Crippen LogP contribution in [-0.4, -0.2) is 4.57 Å². The molecule has 0 aliphatic carbocycles. The van der Waals surface area contributed by atoms with Crippen LogP contribution in [0, 0.1) is 0 Å². The monoisotopic (exact) mass is 318 g/mol. The van der Waals surface area contributed by atoms with Crippen LogP contribution >= 0.6 is 15.9 Å². The van der Waals surface area contributed by atoms with Crippen molar-refractivity contribution in [1.82, 2.24) is 4.57 Å². The van der Waals surface area contributed by atoms with Gasteiger partial charge in [-0.1, -0.05) is 35.4 Å². The van der Waals surface area contributed by atoms with Gasteiger partial charge in [0.15, 0.2) is 0 Å². The van der Waals surface area contributed by atoms with Gasteiger partial charge in [-0.25, -0.2) is 0 Å². The summed E-state index contributed by atoms with van der Waals surface area (Å²) in [5.74, 6) is 0. The molecular formula is C13H11BrN4O. The van der Waals surface area contributed by atoms with Gasteiger partial charge in [-0.2, -0.15) is 0 Å². The highest BCUT2D eigenvalue weighted by atomic mass is 79.9. The second-order valence-electron chi connectivity index (χ2n) is 3.99. The molecular weight excluding hydrogens is 308 g/mol. The predicted octanol–water partition coefficient (Wildman–Crippen LogP) is 3.47. The number of azide groups is 1. The molecule has 1 aromatic carbocycles. The molecule has 96 valence electrons. The van der Waals surface area contributed by atoms with Gasteiger partial charge in [0.2, 0.25) is 0 Å². The van der Waals surface area contributed by atoms with Gasteiger partial charge in [0.1, 0.15) is 0 Å². The number of hydrogen-bond donors (Lipinski definition) is 0. The lowest BCUT2D eigenvalue weighted by molar-refractivity contribution is 0.740. The van der Waals surface area contributed by atoms with E-state index in [0.29, 0.717) is 12.1 Å². The third-order valence-corrected chi connectivity index (χ3v) is 3.06. The van der Waals surface area contributed by atoms with E-state index in [-0.39, 0.29) is 12.1 Å². The minimum atomic E-state index is -0.139. The fourth-order valence-electron chi connectivity index (χ4n) is 1.78. The molecule has 2 aromatic rings. The van der Waals surface area contributed by atoms with Crippen molar-refractivity contribution in [3.05, 3.63) is 79.0 Å². The summed E-state index contributed by atoms with van der Waals surface area (Å²) in [5, 5.41) is 3.44. The molecule has 0 aliphatic rings. The maximum Gasteiger partial charge on any atom is 0.254 e. The van der Waals surface area contributed by atoms with Gasteiger partial charge in [-0.3, -0.25) is 4.79 Å². The fourth-order valence-corrected chi connectivity index (χ4v) is 2.30. The Bertz CT molecular complexity index is 675. The first-order valence-electron chi connectivity index (χ1n) is 5.64. The van der Waals surface area contributed by atoms with Crippen molar-refractivity contribution in [2.45, 2.75) is 13.1 Å². The van der Waals surface area contributed by atoms with Gasteiger partial charge < -0.3 is 4.57 Å². The Kier molecular flexibility index (Phi) is 4.39. The molecule has 0 saturated carbocycles. The van der Waals surface area contributed by atoms with Crippen LogP contribution in [0.3, 0.4) is 0 Å². The van der Waals surface area contributed by atoms with Gasteiger partial charge in [-0.15, -0.1) is 0 Å². The van der Waals surface area contributed by atoms with E-state index in [1.807, 2.05) is 30.3 Å². The zero-order chi connectivity index (χ0) is 13.7. The molecule has 0 aliphatic heterocycles. The fraction of sp³-hybridized carbons (Fsp3) is 0.154. The second kappa shape index (κ2) is 6.22. The van der Waals surface area contributed by atoms with Crippen molar-refractivity contribution in [1.29, 1.82) is 0 Å². The highest BCUT2D eigenvalue weighted by Gasteiger charge is 2.05. The van der Waals surface area contributed by atoms with Gasteiger partial charge in [0, 0.05) is 21.1 Å². The summed E-state index contributed by atoms with van der Waals surface area (Å²) in [6.07, 6.45) is 1.73. The first-order chi connectivity index (χ1) is 9.20. The Labute approximate surface area is 118 Å². The zero-order valence-corrected chi connectivity index (χ0v) is 11.6. The van der Waals surface area contributed by atoms with Crippen molar-refractivity contribution >= 4 is 15.9 Å². The molecule has 6 heteroatoms. The second-order valence-corrected chi connectivity index (χ2v) is 4.91. The lowest BCUT2D eigenvalue weighted by Crippen LogP contribution is -2.23. The molecule has 0 saturated heterocycles. The van der Waals surface area contributed by atoms with E-state index in [0.717, 1.165) is 10.0 Å². The summed E-state index contributed by atoms with van der Waals surface area (Å²) in [5.41, 5.74) is 9.71. The molecule has 1 heterocycles. The minimum absolute atomic E-state index is 0.0591. The van der Waals surface area contributed by atoms with Crippen molar-refractivity contribution in [3.8, 4) is 0 Å². The lowest BCUT2D eigenvalue weighted by atomic mass is 10.2. The molecule has 0 amide bonds. The van der Waals surface area contributed by atoms with Crippen LogP contribution in [0.15, 0.2) is 57.0 Å². The van der Waals surface area contributed by atoms with Crippen LogP contribution in [0.4, 0.5) is 0 Å². The molecule has 0 atom stereocenters. The summed E-state index contributed by atoms with van der Waals surface area (Å²) in [6.45, 7) is 0.548. The van der Waals surface area contributed by atoms with E-state index in [2.05, 4.69) is 26.0 Å². The molecule has 0 bridgehead atoms. The molecule has 0 unspecified atom stereocenters. The van der Waals surface area contributed by atoms with Crippen LogP contribution in [0.25, 0.3) is 10.4 Å². The molecule has 1 aromatic heterocycles. The van der Waals surface area contributed by atoms with Crippen molar-refractivity contribution in [2.75, 3.05) is 0 Å². The Hall–Kier alpha value is -2.04. The molecule has 0 fully saturated rings. The first-order valence-corrected chi connectivity index (χ1v) is 6.43. The van der Waals surface area contributed by atoms with Crippen molar-refractivity contribution in [3.63, 3.8) is 0 Å². The summed E-state index contributed by atoms with van der Waals surface area (Å²) >= 11 is 3.36. The average Bonchev–Trinajstić information content (AvgIpc) is 2.42. The number of aromatic nitrogens is 1. The lowest BCUT2D eigenvalue weighted by Gasteiger charge is -2.08. The van der Waals surface area contributed by atoms with E-state index in [9.17, 15) is 4.79 Å². The Morgan fingerprint density at radius 1 is 1.32 bits per heavy atom. The molecule has 2 rings (SSSR count). The number of pyridine rings is 1. The van der Waals surface area contributed by atoms with E-state index in [1.165, 1.54) is 0 Å². The van der Waals surface area contributed by atoms with E-state index < -0.39 is 0 Å². The number of rotatable bonds is 4. The van der Waals surface area contributed by atoms with Crippen LogP contribution < -0.4 is 5.56 Å². The van der Waals surface area contributed by atoms with Gasteiger partial charge in [0.05, 0.1) is 13.1 Å². The highest BCUT2D eigenvalue weighted by molar-refractivity contribution is 9.10. The highest BCUT2D eigenvalue weighted by Crippen LogP contribution is 2.11. The number of benzene rings is 1. The van der Waals surface area contributed by atoms with Crippen LogP contribution in [0.1, 0.15) is 11.1 Å². The third-order valence-electron chi connectivity index (χ3n) is 2.63. The zero-order valence-electron chi connectivity index (χ0n) is 10.0. The largest absolute Gasteiger partial charge is 0.310 e. The Morgan fingerprint density at radius 2 is 2.05 bits per heavy atom. The van der Waals surface area contributed by atoms with Crippen molar-refractivity contribution in [2.24, 2.45) is 5.11 Å². The summed E-state index contributed by atoms with van der Waals surface area (Å²) in [4.78, 5) is 14.9. The van der Waals surface area contributed by atoms with E-state index in [1.54, 1.807) is 16.8 Å². The summed E-state index contributed by atoms with van der Waals surface area (Å²) in [6, 6.07) is 11.4. The molecule has 5 nitrogen and oxygen atoms in total. The van der Waals surface area contributed by atoms with Gasteiger partial charge in [0.25, 0.3) is 5.56 Å². The van der Waals surface area contributed by atoms with Crippen LogP contribution in [0.5, 0.6) is 0 Å². The summed E-state index contributed by atoms with van der Waals surface area (Å²) < 4.78 is 2.38. The minimum Gasteiger partial charge on any atom is -0.310 e. The number of nitrogens with zero attached hydrogens (tertiary/aromatic N) is 4. The van der Waals surface area contributed by atoms with Gasteiger partial charge >= 0.3 is 0 Å². The molecule has 0 N–H and O–H groups in total. The number of hydrogen-bond acceptors (Lipinski definition) is 2. The molecule has 0 spiro atoms. The van der Waals surface area contributed by atoms with Crippen LogP contribution in [-0.2, 0) is 13.1 Å². The van der Waals surface area contributed by atoms with Crippen LogP contribution in [0.2, 0.25) is 0 Å². The maximum absolute atomic E-state index is 12.2. The topological polar surface area (TPSA) is 70.8 Å². The van der Waals surface area contributed by atoms with Gasteiger partial charge in [-0.05, 0) is 33.1 Å². The average molecular weight is 319 g/mol. The predicted molar refractivity (Wildman–Crippen MR) is 76.8 cm³/mol. The normalized spacial score (nSPS) is 9.95. The number of halogens is 1. The maximum atomic E-state index is 12.2. The first kappa shape index (κ1) is 13.4. The Balaban J connectivity index is 2.38. The van der Waals surface area contributed by atoms with E-state index in [4.69, 9.17) is 5.53 Å². The quantitative estimate of drug-likeness (QED) is 0.483. The third kappa shape index (κ3) is 3.47. The SMILES string of the molecule is [N-]=[N+]=NCc1cc(Br)cn(Cc2ccccc2)c1=O. The standard InChI is InChI=1S/C13H11BrN4O/c14-12-6-11(7-16-17-15)13(19)18(9-12)8-10-4-2-1-3-5-10/h1-6,9H,7-8H2. The van der Waals surface area contributed by atoms with E-state index >= 15 is 0 Å². The summed E-state index contributed by atoms with van der Waals surface area (Å²) in [7, 11) is 0. The smallest absolute Gasteiger partial charge is 0.254 e. The Morgan fingerprint density at radius 3 is 2.74 bits per heavy atom. The molecule has 0 radical (unpaired) electrons. The molecule has 19 heavy (non-hydrogen) atoms.